The zero-order chi connectivity index (χ0) is 14.2. The summed E-state index contributed by atoms with van der Waals surface area (Å²) in [5.41, 5.74) is 1.83. The van der Waals surface area contributed by atoms with E-state index in [-0.39, 0.29) is 11.4 Å². The Morgan fingerprint density at radius 3 is 2.75 bits per heavy atom. The zero-order valence-electron chi connectivity index (χ0n) is 11.8. The monoisotopic (exact) mass is 294 g/mol. The number of fused-ring (bicyclic) bond motifs is 1. The number of alkyl halides is 1. The highest BCUT2D eigenvalue weighted by Crippen LogP contribution is 2.38. The second-order valence-electron chi connectivity index (χ2n) is 5.99. The minimum Gasteiger partial charge on any atom is -0.322 e. The molecule has 1 aromatic heterocycles. The number of aryl methyl sites for hydroxylation is 1. The summed E-state index contributed by atoms with van der Waals surface area (Å²) in [6.07, 6.45) is 6.74. The van der Waals surface area contributed by atoms with Gasteiger partial charge in [0.2, 0.25) is 0 Å². The second-order valence-corrected chi connectivity index (χ2v) is 6.37. The molecule has 1 aromatic carbocycles. The minimum absolute atomic E-state index is 0.0438. The van der Waals surface area contributed by atoms with Crippen molar-refractivity contribution in [3.05, 3.63) is 29.8 Å². The number of rotatable bonds is 3. The molecule has 0 amide bonds. The molecule has 2 nitrogen and oxygen atoms in total. The van der Waals surface area contributed by atoms with Crippen LogP contribution in [0.15, 0.2) is 18.2 Å². The lowest BCUT2D eigenvalue weighted by Gasteiger charge is -2.37. The molecular formula is C16H20ClFN2. The first kappa shape index (κ1) is 13.9. The van der Waals surface area contributed by atoms with Crippen molar-refractivity contribution in [1.29, 1.82) is 0 Å². The lowest BCUT2D eigenvalue weighted by molar-refractivity contribution is 0.219. The summed E-state index contributed by atoms with van der Waals surface area (Å²) in [6, 6.07) is 4.86. The maximum atomic E-state index is 13.6. The van der Waals surface area contributed by atoms with E-state index in [2.05, 4.69) is 16.5 Å². The quantitative estimate of drug-likeness (QED) is 0.754. The molecule has 0 N–H and O–H groups in total. The second kappa shape index (κ2) is 5.36. The van der Waals surface area contributed by atoms with Crippen LogP contribution in [0.5, 0.6) is 0 Å². The minimum atomic E-state index is -0.199. The van der Waals surface area contributed by atoms with Crippen molar-refractivity contribution in [2.24, 2.45) is 0 Å². The van der Waals surface area contributed by atoms with Crippen LogP contribution in [0.25, 0.3) is 11.0 Å². The van der Waals surface area contributed by atoms with Gasteiger partial charge in [0.15, 0.2) is 0 Å². The highest BCUT2D eigenvalue weighted by atomic mass is 35.5. The molecule has 108 valence electrons. The highest BCUT2D eigenvalue weighted by molar-refractivity contribution is 6.17. The van der Waals surface area contributed by atoms with Crippen molar-refractivity contribution < 1.29 is 4.39 Å². The molecule has 0 atom stereocenters. The summed E-state index contributed by atoms with van der Waals surface area (Å²) in [5, 5.41) is 0. The average molecular weight is 295 g/mol. The summed E-state index contributed by atoms with van der Waals surface area (Å²) >= 11 is 5.92. The first-order valence-corrected chi connectivity index (χ1v) is 7.91. The summed E-state index contributed by atoms with van der Waals surface area (Å²) in [4.78, 5) is 4.68. The van der Waals surface area contributed by atoms with Crippen LogP contribution in [0.2, 0.25) is 0 Å². The van der Waals surface area contributed by atoms with Crippen LogP contribution in [0.4, 0.5) is 4.39 Å². The predicted octanol–water partition coefficient (Wildman–Crippen LogP) is 4.64. The van der Waals surface area contributed by atoms with Crippen LogP contribution >= 0.6 is 11.6 Å². The van der Waals surface area contributed by atoms with E-state index in [9.17, 15) is 4.39 Å². The maximum Gasteiger partial charge on any atom is 0.125 e. The van der Waals surface area contributed by atoms with Crippen molar-refractivity contribution in [2.45, 2.75) is 51.0 Å². The van der Waals surface area contributed by atoms with Gasteiger partial charge in [-0.1, -0.05) is 19.3 Å². The molecular weight excluding hydrogens is 275 g/mol. The fourth-order valence-corrected chi connectivity index (χ4v) is 3.66. The van der Waals surface area contributed by atoms with E-state index < -0.39 is 0 Å². The Labute approximate surface area is 123 Å². The predicted molar refractivity (Wildman–Crippen MR) is 80.8 cm³/mol. The van der Waals surface area contributed by atoms with Crippen molar-refractivity contribution in [3.8, 4) is 0 Å². The third kappa shape index (κ3) is 2.32. The summed E-state index contributed by atoms with van der Waals surface area (Å²) < 4.78 is 15.9. The number of nitrogens with zero attached hydrogens (tertiary/aromatic N) is 2. The molecule has 0 bridgehead atoms. The molecule has 2 aromatic rings. The number of hydrogen-bond acceptors (Lipinski definition) is 1. The number of aromatic nitrogens is 2. The van der Waals surface area contributed by atoms with E-state index in [1.54, 1.807) is 12.1 Å². The Kier molecular flexibility index (Phi) is 3.72. The summed E-state index contributed by atoms with van der Waals surface area (Å²) in [7, 11) is 0. The summed E-state index contributed by atoms with van der Waals surface area (Å²) in [5.74, 6) is 1.34. The van der Waals surface area contributed by atoms with Crippen LogP contribution in [-0.4, -0.2) is 15.4 Å². The van der Waals surface area contributed by atoms with Gasteiger partial charge in [-0.2, -0.15) is 0 Å². The van der Waals surface area contributed by atoms with Crippen molar-refractivity contribution in [3.63, 3.8) is 0 Å². The SMILES string of the molecule is CC1(n2c(CCCl)nc3ccc(F)cc32)CCCCC1. The largest absolute Gasteiger partial charge is 0.322 e. The maximum absolute atomic E-state index is 13.6. The Bertz CT molecular complexity index is 614. The first-order chi connectivity index (χ1) is 9.64. The molecule has 0 unspecified atom stereocenters. The van der Waals surface area contributed by atoms with Crippen LogP contribution in [0.3, 0.4) is 0 Å². The fraction of sp³-hybridized carbons (Fsp3) is 0.562. The van der Waals surface area contributed by atoms with Crippen LogP contribution < -0.4 is 0 Å². The van der Waals surface area contributed by atoms with Crippen molar-refractivity contribution in [1.82, 2.24) is 9.55 Å². The number of halogens is 2. The van der Waals surface area contributed by atoms with Gasteiger partial charge in [-0.15, -0.1) is 11.6 Å². The van der Waals surface area contributed by atoms with E-state index in [0.717, 1.165) is 36.1 Å². The van der Waals surface area contributed by atoms with Gasteiger partial charge in [-0.05, 0) is 38.0 Å². The number of benzene rings is 1. The summed E-state index contributed by atoms with van der Waals surface area (Å²) in [6.45, 7) is 2.27. The Morgan fingerprint density at radius 1 is 1.30 bits per heavy atom. The lowest BCUT2D eigenvalue weighted by atomic mass is 9.82. The van der Waals surface area contributed by atoms with Crippen LogP contribution in [0.1, 0.15) is 44.9 Å². The molecule has 1 aliphatic carbocycles. The molecule has 0 spiro atoms. The molecule has 20 heavy (non-hydrogen) atoms. The standard InChI is InChI=1S/C16H20ClFN2/c1-16(8-3-2-4-9-16)20-14-11-12(18)5-6-13(14)19-15(20)7-10-17/h5-6,11H,2-4,7-10H2,1H3. The van der Waals surface area contributed by atoms with Gasteiger partial charge >= 0.3 is 0 Å². The van der Waals surface area contributed by atoms with Crippen LogP contribution in [-0.2, 0) is 12.0 Å². The zero-order valence-corrected chi connectivity index (χ0v) is 12.6. The smallest absolute Gasteiger partial charge is 0.125 e. The molecule has 1 fully saturated rings. The fourth-order valence-electron chi connectivity index (χ4n) is 3.49. The average Bonchev–Trinajstić information content (AvgIpc) is 2.78. The molecule has 0 radical (unpaired) electrons. The molecule has 1 heterocycles. The van der Waals surface area contributed by atoms with Gasteiger partial charge in [-0.3, -0.25) is 0 Å². The van der Waals surface area contributed by atoms with Crippen molar-refractivity contribution in [2.75, 3.05) is 5.88 Å². The van der Waals surface area contributed by atoms with E-state index in [1.807, 2.05) is 0 Å². The van der Waals surface area contributed by atoms with Gasteiger partial charge < -0.3 is 4.57 Å². The Balaban J connectivity index is 2.19. The molecule has 4 heteroatoms. The molecule has 1 aliphatic rings. The molecule has 1 saturated carbocycles. The van der Waals surface area contributed by atoms with Gasteiger partial charge in [0, 0.05) is 17.8 Å². The molecule has 0 saturated heterocycles. The van der Waals surface area contributed by atoms with E-state index in [0.29, 0.717) is 5.88 Å². The van der Waals surface area contributed by atoms with E-state index in [4.69, 9.17) is 11.6 Å². The third-order valence-corrected chi connectivity index (χ3v) is 4.66. The Morgan fingerprint density at radius 2 is 2.05 bits per heavy atom. The molecule has 3 rings (SSSR count). The molecule has 0 aliphatic heterocycles. The first-order valence-electron chi connectivity index (χ1n) is 7.37. The third-order valence-electron chi connectivity index (χ3n) is 4.47. The highest BCUT2D eigenvalue weighted by Gasteiger charge is 2.32. The number of imidazole rings is 1. The van der Waals surface area contributed by atoms with Crippen LogP contribution in [0, 0.1) is 5.82 Å². The van der Waals surface area contributed by atoms with Gasteiger partial charge in [-0.25, -0.2) is 9.37 Å². The Hall–Kier alpha value is -1.09. The normalized spacial score (nSPS) is 18.6. The van der Waals surface area contributed by atoms with Crippen molar-refractivity contribution >= 4 is 22.6 Å². The lowest BCUT2D eigenvalue weighted by Crippen LogP contribution is -2.34. The van der Waals surface area contributed by atoms with Gasteiger partial charge in [0.25, 0.3) is 0 Å². The number of hydrogen-bond donors (Lipinski definition) is 0. The van der Waals surface area contributed by atoms with E-state index >= 15 is 0 Å². The van der Waals surface area contributed by atoms with E-state index in [1.165, 1.54) is 25.3 Å². The van der Waals surface area contributed by atoms with Gasteiger partial charge in [0.05, 0.1) is 11.0 Å². The topological polar surface area (TPSA) is 17.8 Å². The van der Waals surface area contributed by atoms with Gasteiger partial charge in [0.1, 0.15) is 11.6 Å².